The van der Waals surface area contributed by atoms with Gasteiger partial charge in [0.15, 0.2) is 21.3 Å². The molecule has 8 heteroatoms. The van der Waals surface area contributed by atoms with Gasteiger partial charge in [-0.3, -0.25) is 0 Å². The minimum atomic E-state index is -3.66. The van der Waals surface area contributed by atoms with Crippen LogP contribution in [0.15, 0.2) is 47.4 Å². The van der Waals surface area contributed by atoms with Crippen molar-refractivity contribution in [1.29, 1.82) is 0 Å². The summed E-state index contributed by atoms with van der Waals surface area (Å²) in [6.07, 6.45) is 0. The van der Waals surface area contributed by atoms with Gasteiger partial charge in [0.2, 0.25) is 6.79 Å². The van der Waals surface area contributed by atoms with Crippen LogP contribution in [-0.4, -0.2) is 39.7 Å². The summed E-state index contributed by atoms with van der Waals surface area (Å²) in [7, 11) is -2.15. The van der Waals surface area contributed by atoms with Crippen LogP contribution in [0.5, 0.6) is 11.5 Å². The second-order valence-corrected chi connectivity index (χ2v) is 9.06. The molecule has 1 saturated carbocycles. The number of benzene rings is 2. The molecule has 0 unspecified atom stereocenters. The van der Waals surface area contributed by atoms with Crippen molar-refractivity contribution in [2.45, 2.75) is 21.6 Å². The van der Waals surface area contributed by atoms with E-state index >= 15 is 0 Å². The van der Waals surface area contributed by atoms with E-state index in [1.54, 1.807) is 24.3 Å². The molecule has 3 atom stereocenters. The summed E-state index contributed by atoms with van der Waals surface area (Å²) in [5.41, 5.74) is 6.25. The number of hydrogen-bond acceptors (Lipinski definition) is 6. The number of fused-ring (bicyclic) bond motifs is 1. The van der Waals surface area contributed by atoms with Gasteiger partial charge in [-0.15, -0.1) is 0 Å². The number of nitrogens with two attached hydrogens (primary N) is 1. The molecule has 0 bridgehead atoms. The highest BCUT2D eigenvalue weighted by Gasteiger charge is 2.69. The fourth-order valence-corrected chi connectivity index (χ4v) is 6.09. The molecule has 1 fully saturated rings. The topological polar surface area (TPSA) is 87.8 Å². The summed E-state index contributed by atoms with van der Waals surface area (Å²) in [5, 5.41) is -0.320. The van der Waals surface area contributed by atoms with E-state index in [0.717, 1.165) is 5.56 Å². The lowest BCUT2D eigenvalue weighted by molar-refractivity contribution is 0.171. The third-order valence-corrected chi connectivity index (χ3v) is 7.49. The van der Waals surface area contributed by atoms with Crippen LogP contribution in [-0.2, 0) is 14.6 Å². The van der Waals surface area contributed by atoms with Crippen molar-refractivity contribution in [3.8, 4) is 11.5 Å². The Morgan fingerprint density at radius 3 is 2.58 bits per heavy atom. The van der Waals surface area contributed by atoms with Crippen LogP contribution >= 0.6 is 11.6 Å². The minimum absolute atomic E-state index is 0.129. The van der Waals surface area contributed by atoms with Gasteiger partial charge in [-0.05, 0) is 42.0 Å². The Morgan fingerprint density at radius 2 is 1.88 bits per heavy atom. The fourth-order valence-electron chi connectivity index (χ4n) is 3.68. The van der Waals surface area contributed by atoms with Gasteiger partial charge in [-0.25, -0.2) is 8.42 Å². The predicted octanol–water partition coefficient (Wildman–Crippen LogP) is 2.35. The normalized spacial score (nSPS) is 26.7. The Bertz CT molecular complexity index is 947. The lowest BCUT2D eigenvalue weighted by atomic mass is 10.1. The van der Waals surface area contributed by atoms with E-state index in [4.69, 9.17) is 31.5 Å². The van der Waals surface area contributed by atoms with Crippen molar-refractivity contribution in [3.63, 3.8) is 0 Å². The van der Waals surface area contributed by atoms with Crippen molar-refractivity contribution in [2.24, 2.45) is 5.73 Å². The third kappa shape index (κ3) is 2.66. The molecule has 0 saturated heterocycles. The van der Waals surface area contributed by atoms with Crippen LogP contribution in [0.4, 0.5) is 0 Å². The standard InChI is InChI=1S/C18H18ClNO5S/c1-23-9-18(20)16(11-2-7-14-15(8-11)25-10-24-14)17(18)26(21,22)13-5-3-12(19)4-6-13/h2-8,16-17H,9-10,20H2,1H3/t16-,17-,18+/m1/s1. The molecule has 2 aromatic carbocycles. The zero-order valence-corrected chi connectivity index (χ0v) is 15.6. The van der Waals surface area contributed by atoms with E-state index in [1.807, 2.05) is 6.07 Å². The number of sulfone groups is 1. The van der Waals surface area contributed by atoms with Gasteiger partial charge in [0.05, 0.1) is 22.3 Å². The highest BCUT2D eigenvalue weighted by molar-refractivity contribution is 7.92. The number of hydrogen-bond donors (Lipinski definition) is 1. The molecule has 2 N–H and O–H groups in total. The first kappa shape index (κ1) is 17.6. The average molecular weight is 396 g/mol. The van der Waals surface area contributed by atoms with Gasteiger partial charge in [0.25, 0.3) is 0 Å². The van der Waals surface area contributed by atoms with Crippen molar-refractivity contribution in [2.75, 3.05) is 20.5 Å². The van der Waals surface area contributed by atoms with Crippen LogP contribution in [0.25, 0.3) is 0 Å². The summed E-state index contributed by atoms with van der Waals surface area (Å²) in [6.45, 7) is 0.283. The Hall–Kier alpha value is -1.80. The van der Waals surface area contributed by atoms with Gasteiger partial charge in [0, 0.05) is 18.1 Å². The number of rotatable bonds is 5. The lowest BCUT2D eigenvalue weighted by Crippen LogP contribution is -2.35. The molecule has 0 spiro atoms. The van der Waals surface area contributed by atoms with Crippen LogP contribution in [0.2, 0.25) is 5.02 Å². The van der Waals surface area contributed by atoms with E-state index in [0.29, 0.717) is 16.5 Å². The van der Waals surface area contributed by atoms with Crippen molar-refractivity contribution in [1.82, 2.24) is 0 Å². The van der Waals surface area contributed by atoms with Crippen LogP contribution in [0.1, 0.15) is 11.5 Å². The summed E-state index contributed by atoms with van der Waals surface area (Å²) < 4.78 is 42.3. The first-order chi connectivity index (χ1) is 12.4. The monoisotopic (exact) mass is 395 g/mol. The molecular formula is C18H18ClNO5S. The zero-order valence-electron chi connectivity index (χ0n) is 14.0. The molecule has 6 nitrogen and oxygen atoms in total. The van der Waals surface area contributed by atoms with Gasteiger partial charge in [-0.1, -0.05) is 17.7 Å². The summed E-state index contributed by atoms with van der Waals surface area (Å²) in [5.74, 6) is 0.829. The maximum absolute atomic E-state index is 13.2. The molecule has 0 radical (unpaired) electrons. The number of halogens is 1. The van der Waals surface area contributed by atoms with Gasteiger partial charge in [-0.2, -0.15) is 0 Å². The van der Waals surface area contributed by atoms with Crippen molar-refractivity contribution < 1.29 is 22.6 Å². The molecule has 1 heterocycles. The van der Waals surface area contributed by atoms with E-state index < -0.39 is 26.5 Å². The fraction of sp³-hybridized carbons (Fsp3) is 0.333. The maximum Gasteiger partial charge on any atom is 0.231 e. The molecule has 1 aliphatic carbocycles. The van der Waals surface area contributed by atoms with E-state index in [2.05, 4.69) is 0 Å². The molecule has 26 heavy (non-hydrogen) atoms. The second-order valence-electron chi connectivity index (χ2n) is 6.56. The van der Waals surface area contributed by atoms with Gasteiger partial charge >= 0.3 is 0 Å². The zero-order chi connectivity index (χ0) is 18.5. The minimum Gasteiger partial charge on any atom is -0.454 e. The maximum atomic E-state index is 13.2. The molecule has 0 amide bonds. The van der Waals surface area contributed by atoms with Gasteiger partial charge in [0.1, 0.15) is 0 Å². The van der Waals surface area contributed by atoms with E-state index in [-0.39, 0.29) is 18.3 Å². The van der Waals surface area contributed by atoms with Crippen LogP contribution in [0.3, 0.4) is 0 Å². The molecular weight excluding hydrogens is 378 g/mol. The molecule has 138 valence electrons. The number of methoxy groups -OCH3 is 1. The average Bonchev–Trinajstić information content (AvgIpc) is 2.99. The summed E-state index contributed by atoms with van der Waals surface area (Å²) in [6, 6.07) is 11.5. The summed E-state index contributed by atoms with van der Waals surface area (Å²) in [4.78, 5) is 0.195. The highest BCUT2D eigenvalue weighted by Crippen LogP contribution is 2.56. The lowest BCUT2D eigenvalue weighted by Gasteiger charge is -2.11. The SMILES string of the molecule is COC[C@]1(N)[C@H](c2ccc3c(c2)OCO3)[C@H]1S(=O)(=O)c1ccc(Cl)cc1. The quantitative estimate of drug-likeness (QED) is 0.836. The van der Waals surface area contributed by atoms with Crippen LogP contribution in [0, 0.1) is 0 Å². The van der Waals surface area contributed by atoms with Crippen molar-refractivity contribution in [3.05, 3.63) is 53.1 Å². The smallest absolute Gasteiger partial charge is 0.231 e. The predicted molar refractivity (Wildman–Crippen MR) is 96.5 cm³/mol. The molecule has 0 aromatic heterocycles. The van der Waals surface area contributed by atoms with Gasteiger partial charge < -0.3 is 19.9 Å². The van der Waals surface area contributed by atoms with Crippen LogP contribution < -0.4 is 15.2 Å². The second kappa shape index (κ2) is 6.13. The Morgan fingerprint density at radius 1 is 1.19 bits per heavy atom. The largest absolute Gasteiger partial charge is 0.454 e. The number of ether oxygens (including phenoxy) is 3. The van der Waals surface area contributed by atoms with E-state index in [1.165, 1.54) is 19.2 Å². The molecule has 2 aliphatic rings. The summed E-state index contributed by atoms with van der Waals surface area (Å²) >= 11 is 5.88. The Balaban J connectivity index is 1.73. The molecule has 2 aromatic rings. The van der Waals surface area contributed by atoms with E-state index in [9.17, 15) is 8.42 Å². The Labute approximate surface area is 156 Å². The first-order valence-electron chi connectivity index (χ1n) is 8.05. The first-order valence-corrected chi connectivity index (χ1v) is 9.97. The Kier molecular flexibility index (Phi) is 4.15. The molecule has 4 rings (SSSR count). The van der Waals surface area contributed by atoms with Crippen molar-refractivity contribution >= 4 is 21.4 Å². The third-order valence-electron chi connectivity index (χ3n) is 4.93. The highest BCUT2D eigenvalue weighted by atomic mass is 35.5. The molecule has 1 aliphatic heterocycles.